The lowest BCUT2D eigenvalue weighted by atomic mass is 10.1. The Kier molecular flexibility index (Phi) is 3.14. The van der Waals surface area contributed by atoms with Crippen LogP contribution in [0, 0.1) is 5.82 Å². The number of rotatable bonds is 2. The van der Waals surface area contributed by atoms with Gasteiger partial charge in [-0.2, -0.15) is 0 Å². The van der Waals surface area contributed by atoms with Crippen LogP contribution in [0.1, 0.15) is 10.4 Å². The van der Waals surface area contributed by atoms with Crippen LogP contribution in [0.15, 0.2) is 42.5 Å². The van der Waals surface area contributed by atoms with Crippen LogP contribution in [0.3, 0.4) is 0 Å². The van der Waals surface area contributed by atoms with E-state index < -0.39 is 5.91 Å². The third-order valence-electron chi connectivity index (χ3n) is 2.39. The highest BCUT2D eigenvalue weighted by Crippen LogP contribution is 2.21. The molecule has 0 spiro atoms. The lowest BCUT2D eigenvalue weighted by Crippen LogP contribution is -2.11. The second-order valence-electron chi connectivity index (χ2n) is 3.73. The highest BCUT2D eigenvalue weighted by Gasteiger charge is 2.08. The molecule has 92 valence electrons. The molecule has 0 saturated carbocycles. The molecule has 1 amide bonds. The maximum atomic E-state index is 12.7. The summed E-state index contributed by atoms with van der Waals surface area (Å²) in [6, 6.07) is 9.60. The van der Waals surface area contributed by atoms with Crippen LogP contribution in [0.2, 0.25) is 0 Å². The van der Waals surface area contributed by atoms with Crippen molar-refractivity contribution < 1.29 is 14.3 Å². The molecular weight excluding hydrogens is 235 g/mol. The number of nitrogens with one attached hydrogen (secondary N) is 1. The number of benzene rings is 2. The summed E-state index contributed by atoms with van der Waals surface area (Å²) in [5, 5.41) is 12.0. The highest BCUT2D eigenvalue weighted by atomic mass is 19.1. The molecule has 2 aromatic carbocycles. The molecule has 2 rings (SSSR count). The third-order valence-corrected chi connectivity index (χ3v) is 2.39. The Morgan fingerprint density at radius 3 is 2.44 bits per heavy atom. The first-order valence-corrected chi connectivity index (χ1v) is 5.21. The number of halogens is 1. The van der Waals surface area contributed by atoms with Crippen LogP contribution >= 0.6 is 0 Å². The van der Waals surface area contributed by atoms with Gasteiger partial charge in [0, 0.05) is 11.3 Å². The summed E-state index contributed by atoms with van der Waals surface area (Å²) in [5.41, 5.74) is 6.38. The van der Waals surface area contributed by atoms with Crippen molar-refractivity contribution in [3.63, 3.8) is 0 Å². The molecule has 0 saturated heterocycles. The minimum absolute atomic E-state index is 0.151. The van der Waals surface area contributed by atoms with Crippen molar-refractivity contribution in [3.05, 3.63) is 53.8 Å². The molecule has 0 unspecified atom stereocenters. The summed E-state index contributed by atoms with van der Waals surface area (Å²) in [6.45, 7) is 0. The van der Waals surface area contributed by atoms with Crippen molar-refractivity contribution in [2.45, 2.75) is 0 Å². The predicted octanol–water partition coefficient (Wildman–Crippen LogP) is 2.37. The summed E-state index contributed by atoms with van der Waals surface area (Å²) in [6.07, 6.45) is 0. The third kappa shape index (κ3) is 2.57. The van der Waals surface area contributed by atoms with E-state index in [-0.39, 0.29) is 22.8 Å². The van der Waals surface area contributed by atoms with E-state index in [9.17, 15) is 14.3 Å². The number of anilines is 2. The predicted molar refractivity (Wildman–Crippen MR) is 66.9 cm³/mol. The quantitative estimate of drug-likeness (QED) is 0.562. The Morgan fingerprint density at radius 2 is 1.83 bits per heavy atom. The largest absolute Gasteiger partial charge is 0.506 e. The monoisotopic (exact) mass is 246 g/mol. The van der Waals surface area contributed by atoms with E-state index in [1.54, 1.807) is 0 Å². The van der Waals surface area contributed by atoms with E-state index >= 15 is 0 Å². The van der Waals surface area contributed by atoms with Crippen LogP contribution in [0.25, 0.3) is 0 Å². The van der Waals surface area contributed by atoms with E-state index in [1.165, 1.54) is 42.5 Å². The van der Waals surface area contributed by atoms with Crippen molar-refractivity contribution in [1.29, 1.82) is 0 Å². The Morgan fingerprint density at radius 1 is 1.17 bits per heavy atom. The first kappa shape index (κ1) is 11.9. The van der Waals surface area contributed by atoms with Gasteiger partial charge in [-0.1, -0.05) is 0 Å². The number of carbonyl (C=O) groups is 1. The van der Waals surface area contributed by atoms with E-state index in [0.717, 1.165) is 0 Å². The standard InChI is InChI=1S/C13H11FN2O2/c14-9-2-4-10(5-3-9)16-13(18)8-1-6-11(15)12(17)7-8/h1-7,17H,15H2,(H,16,18). The molecule has 0 radical (unpaired) electrons. The van der Waals surface area contributed by atoms with E-state index in [0.29, 0.717) is 5.69 Å². The number of phenolic OH excluding ortho intramolecular Hbond substituents is 1. The zero-order valence-corrected chi connectivity index (χ0v) is 9.35. The Labute approximate surface area is 103 Å². The van der Waals surface area contributed by atoms with E-state index in [2.05, 4.69) is 5.32 Å². The van der Waals surface area contributed by atoms with Gasteiger partial charge in [-0.05, 0) is 42.5 Å². The van der Waals surface area contributed by atoms with Gasteiger partial charge >= 0.3 is 0 Å². The Balaban J connectivity index is 2.16. The molecule has 0 aliphatic heterocycles. The molecular formula is C13H11FN2O2. The fourth-order valence-electron chi connectivity index (χ4n) is 1.42. The van der Waals surface area contributed by atoms with Crippen molar-refractivity contribution in [3.8, 4) is 5.75 Å². The first-order chi connectivity index (χ1) is 8.56. The maximum absolute atomic E-state index is 12.7. The van der Waals surface area contributed by atoms with E-state index in [4.69, 9.17) is 5.73 Å². The van der Waals surface area contributed by atoms with Gasteiger partial charge in [-0.3, -0.25) is 4.79 Å². The first-order valence-electron chi connectivity index (χ1n) is 5.21. The normalized spacial score (nSPS) is 10.1. The minimum atomic E-state index is -0.406. The number of phenols is 1. The molecule has 0 aliphatic rings. The number of aromatic hydroxyl groups is 1. The molecule has 18 heavy (non-hydrogen) atoms. The van der Waals surface area contributed by atoms with Gasteiger partial charge in [0.1, 0.15) is 11.6 Å². The molecule has 0 fully saturated rings. The van der Waals surface area contributed by atoms with Gasteiger partial charge in [0.25, 0.3) is 5.91 Å². The van der Waals surface area contributed by atoms with Crippen LogP contribution < -0.4 is 11.1 Å². The van der Waals surface area contributed by atoms with Crippen molar-refractivity contribution in [1.82, 2.24) is 0 Å². The molecule has 4 N–H and O–H groups in total. The molecule has 0 heterocycles. The summed E-state index contributed by atoms with van der Waals surface area (Å²) in [5.74, 6) is -0.934. The fraction of sp³-hybridized carbons (Fsp3) is 0. The average molecular weight is 246 g/mol. The summed E-state index contributed by atoms with van der Waals surface area (Å²) in [7, 11) is 0. The average Bonchev–Trinajstić information content (AvgIpc) is 2.35. The van der Waals surface area contributed by atoms with Gasteiger partial charge in [0.15, 0.2) is 0 Å². The summed E-state index contributed by atoms with van der Waals surface area (Å²) >= 11 is 0. The second-order valence-corrected chi connectivity index (χ2v) is 3.73. The van der Waals surface area contributed by atoms with Crippen molar-refractivity contribution >= 4 is 17.3 Å². The minimum Gasteiger partial charge on any atom is -0.506 e. The molecule has 2 aromatic rings. The van der Waals surface area contributed by atoms with Gasteiger partial charge in [-0.25, -0.2) is 4.39 Å². The SMILES string of the molecule is Nc1ccc(C(=O)Nc2ccc(F)cc2)cc1O. The second kappa shape index (κ2) is 4.75. The van der Waals surface area contributed by atoms with E-state index in [1.807, 2.05) is 0 Å². The molecule has 0 aromatic heterocycles. The van der Waals surface area contributed by atoms with Crippen LogP contribution in [0.5, 0.6) is 5.75 Å². The lowest BCUT2D eigenvalue weighted by Gasteiger charge is -2.06. The van der Waals surface area contributed by atoms with Crippen molar-refractivity contribution in [2.75, 3.05) is 11.1 Å². The Hall–Kier alpha value is -2.56. The molecule has 5 heteroatoms. The fourth-order valence-corrected chi connectivity index (χ4v) is 1.42. The zero-order chi connectivity index (χ0) is 13.1. The highest BCUT2D eigenvalue weighted by molar-refractivity contribution is 6.04. The van der Waals surface area contributed by atoms with Crippen LogP contribution in [-0.4, -0.2) is 11.0 Å². The zero-order valence-electron chi connectivity index (χ0n) is 9.35. The molecule has 0 aliphatic carbocycles. The Bertz CT molecular complexity index is 582. The van der Waals surface area contributed by atoms with Gasteiger partial charge in [0.2, 0.25) is 0 Å². The van der Waals surface area contributed by atoms with Crippen molar-refractivity contribution in [2.24, 2.45) is 0 Å². The summed E-state index contributed by atoms with van der Waals surface area (Å²) in [4.78, 5) is 11.8. The number of nitrogens with two attached hydrogens (primary N) is 1. The number of carbonyl (C=O) groups excluding carboxylic acids is 1. The number of amides is 1. The molecule has 4 nitrogen and oxygen atoms in total. The summed E-state index contributed by atoms with van der Waals surface area (Å²) < 4.78 is 12.7. The van der Waals surface area contributed by atoms with Gasteiger partial charge in [-0.15, -0.1) is 0 Å². The molecule has 0 atom stereocenters. The lowest BCUT2D eigenvalue weighted by molar-refractivity contribution is 0.102. The molecule has 0 bridgehead atoms. The van der Waals surface area contributed by atoms with Crippen LogP contribution in [0.4, 0.5) is 15.8 Å². The van der Waals surface area contributed by atoms with Crippen LogP contribution in [-0.2, 0) is 0 Å². The topological polar surface area (TPSA) is 75.4 Å². The smallest absolute Gasteiger partial charge is 0.255 e. The van der Waals surface area contributed by atoms with Gasteiger partial charge in [0.05, 0.1) is 5.69 Å². The number of hydrogen-bond acceptors (Lipinski definition) is 3. The number of nitrogen functional groups attached to an aromatic ring is 1. The van der Waals surface area contributed by atoms with Gasteiger partial charge < -0.3 is 16.2 Å². The maximum Gasteiger partial charge on any atom is 0.255 e. The number of hydrogen-bond donors (Lipinski definition) is 3.